The first-order chi connectivity index (χ1) is 11.9. The van der Waals surface area contributed by atoms with Gasteiger partial charge in [-0.1, -0.05) is 5.16 Å². The molecule has 0 unspecified atom stereocenters. The Balaban J connectivity index is 1.34. The molecule has 3 aromatic rings. The number of hydrogen-bond acceptors (Lipinski definition) is 8. The van der Waals surface area contributed by atoms with E-state index in [4.69, 9.17) is 8.94 Å². The Labute approximate surface area is 138 Å². The van der Waals surface area contributed by atoms with Gasteiger partial charge in [0.2, 0.25) is 11.7 Å². The molecular formula is C16H18N6O2. The van der Waals surface area contributed by atoms with Crippen LogP contribution in [-0.2, 0) is 6.54 Å². The van der Waals surface area contributed by atoms with Gasteiger partial charge in [-0.05, 0) is 37.1 Å². The Bertz CT molecular complexity index is 758. The van der Waals surface area contributed by atoms with E-state index >= 15 is 0 Å². The summed E-state index contributed by atoms with van der Waals surface area (Å²) in [5, 5.41) is 15.6. The molecule has 1 aliphatic rings. The van der Waals surface area contributed by atoms with E-state index in [0.29, 0.717) is 30.1 Å². The Kier molecular flexibility index (Phi) is 4.20. The van der Waals surface area contributed by atoms with E-state index in [0.717, 1.165) is 31.7 Å². The van der Waals surface area contributed by atoms with Crippen molar-refractivity contribution in [2.75, 3.05) is 18.0 Å². The van der Waals surface area contributed by atoms with Crippen LogP contribution in [0.4, 0.5) is 5.82 Å². The highest BCUT2D eigenvalue weighted by atomic mass is 16.5. The number of piperidine rings is 1. The molecule has 0 bridgehead atoms. The molecule has 0 aliphatic carbocycles. The van der Waals surface area contributed by atoms with Gasteiger partial charge in [-0.15, -0.1) is 5.10 Å². The van der Waals surface area contributed by atoms with Crippen LogP contribution in [0.2, 0.25) is 0 Å². The average Bonchev–Trinajstić information content (AvgIpc) is 3.32. The minimum absolute atomic E-state index is 0.347. The summed E-state index contributed by atoms with van der Waals surface area (Å²) in [5.41, 5.74) is 0. The number of furan rings is 1. The molecule has 1 aliphatic heterocycles. The highest BCUT2D eigenvalue weighted by Gasteiger charge is 2.21. The summed E-state index contributed by atoms with van der Waals surface area (Å²) in [7, 11) is 0. The fourth-order valence-corrected chi connectivity index (χ4v) is 2.88. The maximum atomic E-state index is 5.27. The molecule has 8 heteroatoms. The molecule has 1 atom stereocenters. The largest absolute Gasteiger partial charge is 0.461 e. The van der Waals surface area contributed by atoms with E-state index in [1.165, 1.54) is 0 Å². The number of hydrogen-bond donors (Lipinski definition) is 1. The van der Waals surface area contributed by atoms with E-state index in [2.05, 4.69) is 30.6 Å². The summed E-state index contributed by atoms with van der Waals surface area (Å²) in [6.45, 7) is 2.42. The second kappa shape index (κ2) is 6.79. The van der Waals surface area contributed by atoms with Crippen LogP contribution in [-0.4, -0.2) is 39.5 Å². The lowest BCUT2D eigenvalue weighted by atomic mass is 10.1. The first kappa shape index (κ1) is 14.8. The third-order valence-corrected chi connectivity index (χ3v) is 4.06. The second-order valence-electron chi connectivity index (χ2n) is 5.74. The molecule has 0 radical (unpaired) electrons. The van der Waals surface area contributed by atoms with Gasteiger partial charge < -0.3 is 19.2 Å². The summed E-state index contributed by atoms with van der Waals surface area (Å²) in [6.07, 6.45) is 5.49. The zero-order valence-corrected chi connectivity index (χ0v) is 13.1. The highest BCUT2D eigenvalue weighted by molar-refractivity contribution is 5.44. The Morgan fingerprint density at radius 3 is 3.12 bits per heavy atom. The van der Waals surface area contributed by atoms with Gasteiger partial charge in [-0.3, -0.25) is 0 Å². The molecule has 0 amide bonds. The molecule has 4 rings (SSSR count). The molecule has 24 heavy (non-hydrogen) atoms. The minimum atomic E-state index is 0.347. The lowest BCUT2D eigenvalue weighted by molar-refractivity contribution is 0.343. The van der Waals surface area contributed by atoms with E-state index < -0.39 is 0 Å². The van der Waals surface area contributed by atoms with Gasteiger partial charge in [0, 0.05) is 25.3 Å². The van der Waals surface area contributed by atoms with Crippen molar-refractivity contribution in [3.63, 3.8) is 0 Å². The van der Waals surface area contributed by atoms with Crippen LogP contribution in [0.1, 0.15) is 18.7 Å². The van der Waals surface area contributed by atoms with Crippen LogP contribution in [0.25, 0.3) is 11.6 Å². The van der Waals surface area contributed by atoms with E-state index in [9.17, 15) is 0 Å². The van der Waals surface area contributed by atoms with Gasteiger partial charge in [-0.25, -0.2) is 0 Å². The summed E-state index contributed by atoms with van der Waals surface area (Å²) in [5.74, 6) is 2.55. The molecule has 124 valence electrons. The van der Waals surface area contributed by atoms with Crippen LogP contribution in [0.3, 0.4) is 0 Å². The monoisotopic (exact) mass is 326 g/mol. The van der Waals surface area contributed by atoms with Crippen LogP contribution in [0.5, 0.6) is 0 Å². The van der Waals surface area contributed by atoms with Gasteiger partial charge in [0.05, 0.1) is 12.8 Å². The second-order valence-corrected chi connectivity index (χ2v) is 5.74. The van der Waals surface area contributed by atoms with E-state index in [-0.39, 0.29) is 0 Å². The van der Waals surface area contributed by atoms with Crippen LogP contribution < -0.4 is 10.2 Å². The summed E-state index contributed by atoms with van der Waals surface area (Å²) in [4.78, 5) is 6.59. The number of anilines is 1. The Morgan fingerprint density at radius 1 is 1.29 bits per heavy atom. The van der Waals surface area contributed by atoms with Crippen molar-refractivity contribution in [1.29, 1.82) is 0 Å². The Hall–Kier alpha value is -2.74. The minimum Gasteiger partial charge on any atom is -0.461 e. The average molecular weight is 326 g/mol. The molecule has 1 N–H and O–H groups in total. The molecule has 4 heterocycles. The van der Waals surface area contributed by atoms with Crippen LogP contribution in [0.15, 0.2) is 45.7 Å². The van der Waals surface area contributed by atoms with Crippen LogP contribution in [0, 0.1) is 0 Å². The molecule has 1 fully saturated rings. The van der Waals surface area contributed by atoms with Crippen molar-refractivity contribution in [3.05, 3.63) is 42.6 Å². The molecule has 8 nitrogen and oxygen atoms in total. The lowest BCUT2D eigenvalue weighted by Gasteiger charge is -2.33. The van der Waals surface area contributed by atoms with Crippen LogP contribution >= 0.6 is 0 Å². The van der Waals surface area contributed by atoms with Gasteiger partial charge >= 0.3 is 0 Å². The third kappa shape index (κ3) is 3.28. The fraction of sp³-hybridized carbons (Fsp3) is 0.375. The summed E-state index contributed by atoms with van der Waals surface area (Å²) >= 11 is 0. The standard InChI is InChI=1S/C16H18N6O2/c1-6-14(20-18-7-1)22-8-2-4-12(11-22)17-10-15-19-16(21-24-15)13-5-3-9-23-13/h1,3,5-7,9,12,17H,2,4,8,10-11H2/t12-/m0/s1. The maximum absolute atomic E-state index is 5.27. The lowest BCUT2D eigenvalue weighted by Crippen LogP contribution is -2.45. The fourth-order valence-electron chi connectivity index (χ4n) is 2.88. The molecule has 3 aromatic heterocycles. The van der Waals surface area contributed by atoms with Crippen molar-refractivity contribution in [2.24, 2.45) is 0 Å². The number of nitrogens with zero attached hydrogens (tertiary/aromatic N) is 5. The van der Waals surface area contributed by atoms with Crippen molar-refractivity contribution in [3.8, 4) is 11.6 Å². The number of aromatic nitrogens is 4. The predicted octanol–water partition coefficient (Wildman–Crippen LogP) is 1.88. The first-order valence-corrected chi connectivity index (χ1v) is 8.01. The molecule has 0 spiro atoms. The first-order valence-electron chi connectivity index (χ1n) is 8.01. The normalized spacial score (nSPS) is 18.0. The Morgan fingerprint density at radius 2 is 2.29 bits per heavy atom. The van der Waals surface area contributed by atoms with Crippen molar-refractivity contribution < 1.29 is 8.94 Å². The zero-order chi connectivity index (χ0) is 16.2. The van der Waals surface area contributed by atoms with Gasteiger partial charge in [-0.2, -0.15) is 10.1 Å². The zero-order valence-electron chi connectivity index (χ0n) is 13.1. The van der Waals surface area contributed by atoms with Crippen molar-refractivity contribution >= 4 is 5.82 Å². The van der Waals surface area contributed by atoms with E-state index in [1.807, 2.05) is 18.2 Å². The topological polar surface area (TPSA) is 93.1 Å². The number of nitrogens with one attached hydrogen (secondary N) is 1. The van der Waals surface area contributed by atoms with Gasteiger partial charge in [0.25, 0.3) is 0 Å². The quantitative estimate of drug-likeness (QED) is 0.759. The maximum Gasteiger partial charge on any atom is 0.241 e. The predicted molar refractivity (Wildman–Crippen MR) is 86.1 cm³/mol. The smallest absolute Gasteiger partial charge is 0.241 e. The third-order valence-electron chi connectivity index (χ3n) is 4.06. The number of rotatable bonds is 5. The van der Waals surface area contributed by atoms with Crippen molar-refractivity contribution in [1.82, 2.24) is 25.7 Å². The SMILES string of the molecule is c1cnnc(N2CCC[C@H](NCc3nc(-c4ccco4)no3)C2)c1. The highest BCUT2D eigenvalue weighted by Crippen LogP contribution is 2.18. The molecule has 1 saturated heterocycles. The molecular weight excluding hydrogens is 308 g/mol. The van der Waals surface area contributed by atoms with E-state index in [1.54, 1.807) is 18.5 Å². The summed E-state index contributed by atoms with van der Waals surface area (Å²) < 4.78 is 10.5. The van der Waals surface area contributed by atoms with Crippen molar-refractivity contribution in [2.45, 2.75) is 25.4 Å². The molecule has 0 saturated carbocycles. The summed E-state index contributed by atoms with van der Waals surface area (Å²) in [6, 6.07) is 7.85. The van der Waals surface area contributed by atoms with Gasteiger partial charge in [0.1, 0.15) is 0 Å². The molecule has 0 aromatic carbocycles. The van der Waals surface area contributed by atoms with Gasteiger partial charge in [0.15, 0.2) is 11.6 Å².